The molecule has 0 bridgehead atoms. The molecule has 8 heavy (non-hydrogen) atoms. The molecular weight excluding hydrogens is 122 g/mol. The lowest BCUT2D eigenvalue weighted by atomic mass is 10.4. The molecule has 4 heteroatoms. The molecule has 1 aromatic heterocycles. The van der Waals surface area contributed by atoms with Gasteiger partial charge >= 0.3 is 0 Å². The first-order valence-corrected chi connectivity index (χ1v) is 3.29. The summed E-state index contributed by atoms with van der Waals surface area (Å²) >= 11 is 1.44. The standard InChI is InChI=1S/C4H5N3S/c1-2-5-4-3(1)6-7-8-4/h5H,1-2H2. The van der Waals surface area contributed by atoms with Gasteiger partial charge in [0.1, 0.15) is 10.7 Å². The minimum absolute atomic E-state index is 1.04. The van der Waals surface area contributed by atoms with Crippen LogP contribution in [0.1, 0.15) is 5.69 Å². The van der Waals surface area contributed by atoms with Crippen molar-refractivity contribution in [3.63, 3.8) is 0 Å². The molecule has 2 heterocycles. The van der Waals surface area contributed by atoms with E-state index in [9.17, 15) is 0 Å². The second kappa shape index (κ2) is 1.42. The number of nitrogens with zero attached hydrogens (tertiary/aromatic N) is 2. The van der Waals surface area contributed by atoms with E-state index in [0.29, 0.717) is 0 Å². The van der Waals surface area contributed by atoms with Crippen LogP contribution in [0, 0.1) is 0 Å². The molecular formula is C4H5N3S. The Bertz CT molecular complexity index is 176. The zero-order chi connectivity index (χ0) is 5.40. The van der Waals surface area contributed by atoms with Crippen molar-refractivity contribution < 1.29 is 0 Å². The lowest BCUT2D eigenvalue weighted by molar-refractivity contribution is 0.989. The van der Waals surface area contributed by atoms with Crippen LogP contribution in [0.2, 0.25) is 0 Å². The largest absolute Gasteiger partial charge is 0.374 e. The average Bonchev–Trinajstić information content (AvgIpc) is 2.15. The molecule has 0 saturated carbocycles. The van der Waals surface area contributed by atoms with Crippen molar-refractivity contribution in [1.82, 2.24) is 9.59 Å². The Balaban J connectivity index is 2.54. The monoisotopic (exact) mass is 127 g/mol. The maximum absolute atomic E-state index is 3.90. The zero-order valence-corrected chi connectivity index (χ0v) is 5.03. The smallest absolute Gasteiger partial charge is 0.133 e. The Morgan fingerprint density at radius 2 is 2.62 bits per heavy atom. The van der Waals surface area contributed by atoms with E-state index >= 15 is 0 Å². The highest BCUT2D eigenvalue weighted by Crippen LogP contribution is 2.22. The van der Waals surface area contributed by atoms with Gasteiger partial charge in [-0.05, 0) is 0 Å². The third-order valence-electron chi connectivity index (χ3n) is 1.20. The second-order valence-electron chi connectivity index (χ2n) is 1.73. The van der Waals surface area contributed by atoms with E-state index in [2.05, 4.69) is 14.9 Å². The SMILES string of the molecule is C1Cc2nnsc2N1. The Morgan fingerprint density at radius 3 is 3.50 bits per heavy atom. The van der Waals surface area contributed by atoms with Crippen LogP contribution in [-0.4, -0.2) is 16.1 Å². The first-order valence-electron chi connectivity index (χ1n) is 2.52. The fourth-order valence-electron chi connectivity index (χ4n) is 0.801. The summed E-state index contributed by atoms with van der Waals surface area (Å²) in [6.45, 7) is 1.04. The number of fused-ring (bicyclic) bond motifs is 1. The van der Waals surface area contributed by atoms with E-state index in [-0.39, 0.29) is 0 Å². The van der Waals surface area contributed by atoms with Crippen LogP contribution < -0.4 is 5.32 Å². The van der Waals surface area contributed by atoms with Crippen molar-refractivity contribution in [1.29, 1.82) is 0 Å². The molecule has 0 spiro atoms. The van der Waals surface area contributed by atoms with Gasteiger partial charge in [0.2, 0.25) is 0 Å². The fourth-order valence-corrected chi connectivity index (χ4v) is 1.44. The molecule has 1 aliphatic heterocycles. The minimum Gasteiger partial charge on any atom is -0.374 e. The molecule has 0 saturated heterocycles. The highest BCUT2D eigenvalue weighted by Gasteiger charge is 2.12. The van der Waals surface area contributed by atoms with Crippen LogP contribution in [0.3, 0.4) is 0 Å². The summed E-state index contributed by atoms with van der Waals surface area (Å²) < 4.78 is 3.77. The lowest BCUT2D eigenvalue weighted by Crippen LogP contribution is -1.91. The molecule has 2 rings (SSSR count). The van der Waals surface area contributed by atoms with E-state index in [1.54, 1.807) is 0 Å². The molecule has 0 radical (unpaired) electrons. The number of aromatic nitrogens is 2. The Morgan fingerprint density at radius 1 is 1.62 bits per heavy atom. The normalized spacial score (nSPS) is 15.5. The van der Waals surface area contributed by atoms with Crippen molar-refractivity contribution in [2.45, 2.75) is 6.42 Å². The van der Waals surface area contributed by atoms with E-state index in [1.165, 1.54) is 11.5 Å². The molecule has 1 aliphatic rings. The van der Waals surface area contributed by atoms with Gasteiger partial charge in [-0.15, -0.1) is 5.10 Å². The maximum Gasteiger partial charge on any atom is 0.133 e. The van der Waals surface area contributed by atoms with Gasteiger partial charge in [-0.2, -0.15) is 0 Å². The van der Waals surface area contributed by atoms with Gasteiger partial charge in [0.25, 0.3) is 0 Å². The topological polar surface area (TPSA) is 37.8 Å². The van der Waals surface area contributed by atoms with Gasteiger partial charge in [0, 0.05) is 24.5 Å². The molecule has 0 aromatic carbocycles. The molecule has 0 fully saturated rings. The maximum atomic E-state index is 3.90. The summed E-state index contributed by atoms with van der Waals surface area (Å²) in [6.07, 6.45) is 1.05. The van der Waals surface area contributed by atoms with E-state index < -0.39 is 0 Å². The Hall–Kier alpha value is -0.640. The predicted octanol–water partition coefficient (Wildman–Crippen LogP) is 0.506. The number of nitrogens with one attached hydrogen (secondary N) is 1. The molecule has 1 N–H and O–H groups in total. The summed E-state index contributed by atoms with van der Waals surface area (Å²) in [7, 11) is 0. The second-order valence-corrected chi connectivity index (χ2v) is 2.48. The van der Waals surface area contributed by atoms with Crippen LogP contribution in [0.4, 0.5) is 5.00 Å². The van der Waals surface area contributed by atoms with E-state index in [1.807, 2.05) is 0 Å². The fraction of sp³-hybridized carbons (Fsp3) is 0.500. The molecule has 42 valence electrons. The minimum atomic E-state index is 1.04. The van der Waals surface area contributed by atoms with Gasteiger partial charge in [0.05, 0.1) is 0 Å². The molecule has 1 aromatic rings. The van der Waals surface area contributed by atoms with E-state index in [4.69, 9.17) is 0 Å². The summed E-state index contributed by atoms with van der Waals surface area (Å²) in [4.78, 5) is 0. The number of anilines is 1. The van der Waals surface area contributed by atoms with Crippen LogP contribution >= 0.6 is 11.5 Å². The quantitative estimate of drug-likeness (QED) is 0.551. The number of hydrogen-bond donors (Lipinski definition) is 1. The van der Waals surface area contributed by atoms with Gasteiger partial charge in [-0.3, -0.25) is 0 Å². The molecule has 3 nitrogen and oxygen atoms in total. The highest BCUT2D eigenvalue weighted by molar-refractivity contribution is 7.10. The van der Waals surface area contributed by atoms with Gasteiger partial charge < -0.3 is 5.32 Å². The lowest BCUT2D eigenvalue weighted by Gasteiger charge is -1.83. The molecule has 0 atom stereocenters. The average molecular weight is 127 g/mol. The Labute approximate surface area is 50.9 Å². The van der Waals surface area contributed by atoms with Crippen molar-refractivity contribution >= 4 is 16.5 Å². The van der Waals surface area contributed by atoms with Crippen LogP contribution in [0.5, 0.6) is 0 Å². The summed E-state index contributed by atoms with van der Waals surface area (Å²) in [6, 6.07) is 0. The van der Waals surface area contributed by atoms with Crippen molar-refractivity contribution in [3.8, 4) is 0 Å². The third-order valence-corrected chi connectivity index (χ3v) is 1.93. The molecule has 0 amide bonds. The van der Waals surface area contributed by atoms with Crippen molar-refractivity contribution in [3.05, 3.63) is 5.69 Å². The summed E-state index contributed by atoms with van der Waals surface area (Å²) in [5.74, 6) is 0. The highest BCUT2D eigenvalue weighted by atomic mass is 32.1. The first-order chi connectivity index (χ1) is 3.97. The summed E-state index contributed by atoms with van der Waals surface area (Å²) in [5, 5.41) is 8.23. The third kappa shape index (κ3) is 0.432. The van der Waals surface area contributed by atoms with Crippen LogP contribution in [0.25, 0.3) is 0 Å². The first kappa shape index (κ1) is 4.26. The summed E-state index contributed by atoms with van der Waals surface area (Å²) in [5.41, 5.74) is 1.13. The van der Waals surface area contributed by atoms with Crippen LogP contribution in [-0.2, 0) is 6.42 Å². The van der Waals surface area contributed by atoms with Gasteiger partial charge in [0.15, 0.2) is 0 Å². The van der Waals surface area contributed by atoms with Crippen LogP contribution in [0.15, 0.2) is 0 Å². The van der Waals surface area contributed by atoms with Crippen molar-refractivity contribution in [2.75, 3.05) is 11.9 Å². The number of rotatable bonds is 0. The molecule has 0 unspecified atom stereocenters. The number of hydrogen-bond acceptors (Lipinski definition) is 4. The predicted molar refractivity (Wildman–Crippen MR) is 32.1 cm³/mol. The Kier molecular flexibility index (Phi) is 0.754. The van der Waals surface area contributed by atoms with Crippen molar-refractivity contribution in [2.24, 2.45) is 0 Å². The zero-order valence-electron chi connectivity index (χ0n) is 4.22. The molecule has 0 aliphatic carbocycles. The van der Waals surface area contributed by atoms with E-state index in [0.717, 1.165) is 23.7 Å². The van der Waals surface area contributed by atoms with Gasteiger partial charge in [-0.25, -0.2) is 0 Å². The van der Waals surface area contributed by atoms with Gasteiger partial charge in [-0.1, -0.05) is 4.49 Å².